The predicted molar refractivity (Wildman–Crippen MR) is 205 cm³/mol. The standard InChI is InChI=1S/C43H76O5/c1-3-5-7-9-11-13-15-17-19-20-21-22-24-26-28-30-32-34-36-38-43(46)48-41(39-44)40-47-42(45)37-35-33-31-29-27-25-23-18-16-14-12-10-8-6-4-2/h11,13,17,19,21-22,26,28,41,44H,3-10,12,14-16,18,20,23-25,27,29-40H2,1-2H3/b13-11-,19-17-,22-21-,28-26-/t41-/m0/s1. The third-order valence-corrected chi connectivity index (χ3v) is 8.63. The molecule has 0 aliphatic heterocycles. The Balaban J connectivity index is 3.62. The number of allylic oxidation sites excluding steroid dienone is 8. The van der Waals surface area contributed by atoms with Crippen LogP contribution in [0.5, 0.6) is 0 Å². The van der Waals surface area contributed by atoms with Gasteiger partial charge < -0.3 is 14.6 Å². The van der Waals surface area contributed by atoms with Gasteiger partial charge in [0.05, 0.1) is 6.61 Å². The molecule has 0 fully saturated rings. The van der Waals surface area contributed by atoms with Crippen LogP contribution in [-0.2, 0) is 19.1 Å². The molecule has 5 nitrogen and oxygen atoms in total. The maximum Gasteiger partial charge on any atom is 0.306 e. The molecular weight excluding hydrogens is 596 g/mol. The number of unbranched alkanes of at least 4 members (excludes halogenated alkanes) is 20. The topological polar surface area (TPSA) is 72.8 Å². The zero-order valence-corrected chi connectivity index (χ0v) is 31.5. The quantitative estimate of drug-likeness (QED) is 0.0407. The van der Waals surface area contributed by atoms with Gasteiger partial charge in [0.2, 0.25) is 0 Å². The van der Waals surface area contributed by atoms with Crippen LogP contribution in [0.15, 0.2) is 48.6 Å². The maximum absolute atomic E-state index is 12.2. The highest BCUT2D eigenvalue weighted by atomic mass is 16.6. The van der Waals surface area contributed by atoms with Crippen LogP contribution in [0.2, 0.25) is 0 Å². The van der Waals surface area contributed by atoms with Crippen LogP contribution in [-0.4, -0.2) is 36.4 Å². The number of esters is 2. The Morgan fingerprint density at radius 1 is 0.479 bits per heavy atom. The number of carbonyl (C=O) groups is 2. The molecule has 0 radical (unpaired) electrons. The summed E-state index contributed by atoms with van der Waals surface area (Å²) >= 11 is 0. The van der Waals surface area contributed by atoms with Gasteiger partial charge in [-0.05, 0) is 57.8 Å². The van der Waals surface area contributed by atoms with Gasteiger partial charge in [0.15, 0.2) is 6.10 Å². The van der Waals surface area contributed by atoms with Gasteiger partial charge in [0.25, 0.3) is 0 Å². The Kier molecular flexibility index (Phi) is 37.5. The second-order valence-electron chi connectivity index (χ2n) is 13.4. The molecule has 0 heterocycles. The number of ether oxygens (including phenoxy) is 2. The number of rotatable bonds is 36. The molecule has 0 amide bonds. The molecule has 0 saturated carbocycles. The van der Waals surface area contributed by atoms with Crippen molar-refractivity contribution in [2.24, 2.45) is 0 Å². The molecule has 0 saturated heterocycles. The Morgan fingerprint density at radius 2 is 0.833 bits per heavy atom. The van der Waals surface area contributed by atoms with E-state index in [4.69, 9.17) is 9.47 Å². The summed E-state index contributed by atoms with van der Waals surface area (Å²) in [6.45, 7) is 4.08. The lowest BCUT2D eigenvalue weighted by Gasteiger charge is -2.15. The molecule has 1 N–H and O–H groups in total. The van der Waals surface area contributed by atoms with Gasteiger partial charge in [-0.2, -0.15) is 0 Å². The third kappa shape index (κ3) is 36.7. The molecule has 1 atom stereocenters. The van der Waals surface area contributed by atoms with Gasteiger partial charge in [0, 0.05) is 12.8 Å². The summed E-state index contributed by atoms with van der Waals surface area (Å²) < 4.78 is 10.6. The minimum absolute atomic E-state index is 0.0775. The van der Waals surface area contributed by atoms with E-state index < -0.39 is 6.10 Å². The maximum atomic E-state index is 12.2. The molecule has 48 heavy (non-hydrogen) atoms. The highest BCUT2D eigenvalue weighted by molar-refractivity contribution is 5.70. The number of hydrogen-bond acceptors (Lipinski definition) is 5. The van der Waals surface area contributed by atoms with Gasteiger partial charge in [-0.3, -0.25) is 9.59 Å². The molecule has 5 heteroatoms. The van der Waals surface area contributed by atoms with Crippen molar-refractivity contribution in [2.75, 3.05) is 13.2 Å². The van der Waals surface area contributed by atoms with Crippen LogP contribution < -0.4 is 0 Å². The van der Waals surface area contributed by atoms with Crippen molar-refractivity contribution in [3.8, 4) is 0 Å². The fourth-order valence-electron chi connectivity index (χ4n) is 5.54. The molecule has 0 aromatic rings. The third-order valence-electron chi connectivity index (χ3n) is 8.63. The monoisotopic (exact) mass is 673 g/mol. The van der Waals surface area contributed by atoms with Gasteiger partial charge in [-0.1, -0.05) is 172 Å². The van der Waals surface area contributed by atoms with Crippen LogP contribution in [0, 0.1) is 0 Å². The van der Waals surface area contributed by atoms with Crippen LogP contribution in [0.3, 0.4) is 0 Å². The SMILES string of the molecule is CCCCC/C=C\C/C=C\C/C=C\C/C=C\CCCCCC(=O)O[C@@H](CO)COC(=O)CCCCCCCCCCCCCCCCC. The summed E-state index contributed by atoms with van der Waals surface area (Å²) in [6.07, 6.45) is 48.8. The van der Waals surface area contributed by atoms with E-state index in [1.165, 1.54) is 103 Å². The van der Waals surface area contributed by atoms with Crippen LogP contribution >= 0.6 is 0 Å². The smallest absolute Gasteiger partial charge is 0.306 e. The lowest BCUT2D eigenvalue weighted by Crippen LogP contribution is -2.28. The molecule has 0 aromatic carbocycles. The lowest BCUT2D eigenvalue weighted by atomic mass is 10.0. The summed E-state index contributed by atoms with van der Waals surface area (Å²) in [5, 5.41) is 9.55. The van der Waals surface area contributed by atoms with Crippen molar-refractivity contribution in [3.63, 3.8) is 0 Å². The van der Waals surface area contributed by atoms with Crippen molar-refractivity contribution < 1.29 is 24.2 Å². The van der Waals surface area contributed by atoms with E-state index >= 15 is 0 Å². The average molecular weight is 673 g/mol. The first-order valence-electron chi connectivity index (χ1n) is 20.2. The first kappa shape index (κ1) is 45.9. The minimum atomic E-state index is -0.786. The zero-order chi connectivity index (χ0) is 35.0. The van der Waals surface area contributed by atoms with E-state index in [1.54, 1.807) is 0 Å². The average Bonchev–Trinajstić information content (AvgIpc) is 3.09. The van der Waals surface area contributed by atoms with E-state index in [1.807, 2.05) is 0 Å². The second kappa shape index (κ2) is 39.3. The normalized spacial score (nSPS) is 12.6. The van der Waals surface area contributed by atoms with E-state index in [2.05, 4.69) is 62.5 Å². The number of aliphatic hydroxyl groups excluding tert-OH is 1. The summed E-state index contributed by atoms with van der Waals surface area (Å²) in [5.74, 6) is -0.624. The van der Waals surface area contributed by atoms with Crippen LogP contribution in [0.25, 0.3) is 0 Å². The summed E-state index contributed by atoms with van der Waals surface area (Å²) in [7, 11) is 0. The van der Waals surface area contributed by atoms with Gasteiger partial charge in [-0.15, -0.1) is 0 Å². The number of aliphatic hydroxyl groups is 1. The molecule has 0 aliphatic carbocycles. The largest absolute Gasteiger partial charge is 0.462 e. The Hall–Kier alpha value is -2.14. The van der Waals surface area contributed by atoms with Crippen molar-refractivity contribution in [1.29, 1.82) is 0 Å². The van der Waals surface area contributed by atoms with Crippen molar-refractivity contribution in [1.82, 2.24) is 0 Å². The fourth-order valence-corrected chi connectivity index (χ4v) is 5.54. The van der Waals surface area contributed by atoms with Crippen molar-refractivity contribution in [3.05, 3.63) is 48.6 Å². The first-order chi connectivity index (χ1) is 23.6. The summed E-state index contributed by atoms with van der Waals surface area (Å²) in [5.41, 5.74) is 0. The zero-order valence-electron chi connectivity index (χ0n) is 31.5. The molecule has 0 aliphatic rings. The molecule has 0 rings (SSSR count). The van der Waals surface area contributed by atoms with Crippen molar-refractivity contribution >= 4 is 11.9 Å². The molecule has 0 aromatic heterocycles. The Labute approximate surface area is 297 Å². The van der Waals surface area contributed by atoms with Gasteiger partial charge in [-0.25, -0.2) is 0 Å². The van der Waals surface area contributed by atoms with E-state index in [9.17, 15) is 14.7 Å². The highest BCUT2D eigenvalue weighted by Crippen LogP contribution is 2.14. The first-order valence-corrected chi connectivity index (χ1v) is 20.2. The highest BCUT2D eigenvalue weighted by Gasteiger charge is 2.16. The van der Waals surface area contributed by atoms with Crippen LogP contribution in [0.4, 0.5) is 0 Å². The Bertz CT molecular complexity index is 812. The minimum Gasteiger partial charge on any atom is -0.462 e. The van der Waals surface area contributed by atoms with E-state index in [-0.39, 0.29) is 25.2 Å². The molecule has 278 valence electrons. The lowest BCUT2D eigenvalue weighted by molar-refractivity contribution is -0.161. The molecular formula is C43H76O5. The predicted octanol–water partition coefficient (Wildman–Crippen LogP) is 12.6. The molecule has 0 bridgehead atoms. The van der Waals surface area contributed by atoms with E-state index in [0.717, 1.165) is 64.2 Å². The number of carbonyl (C=O) groups excluding carboxylic acids is 2. The van der Waals surface area contributed by atoms with Crippen LogP contribution in [0.1, 0.15) is 194 Å². The summed E-state index contributed by atoms with van der Waals surface area (Å²) in [4.78, 5) is 24.3. The van der Waals surface area contributed by atoms with E-state index in [0.29, 0.717) is 12.8 Å². The summed E-state index contributed by atoms with van der Waals surface area (Å²) in [6, 6.07) is 0. The molecule has 0 spiro atoms. The second-order valence-corrected chi connectivity index (χ2v) is 13.4. The molecule has 0 unspecified atom stereocenters. The van der Waals surface area contributed by atoms with Gasteiger partial charge >= 0.3 is 11.9 Å². The fraction of sp³-hybridized carbons (Fsp3) is 0.767. The van der Waals surface area contributed by atoms with Crippen molar-refractivity contribution in [2.45, 2.75) is 200 Å². The number of hydrogen-bond donors (Lipinski definition) is 1. The van der Waals surface area contributed by atoms with Gasteiger partial charge in [0.1, 0.15) is 6.61 Å². The Morgan fingerprint density at radius 3 is 1.29 bits per heavy atom.